The summed E-state index contributed by atoms with van der Waals surface area (Å²) in [4.78, 5) is 16.7. The van der Waals surface area contributed by atoms with Crippen LogP contribution < -0.4 is 5.32 Å². The highest BCUT2D eigenvalue weighted by atomic mass is 32.2. The van der Waals surface area contributed by atoms with Gasteiger partial charge in [0.1, 0.15) is 6.61 Å². The van der Waals surface area contributed by atoms with Crippen molar-refractivity contribution in [3.05, 3.63) is 76.3 Å². The first-order valence-electron chi connectivity index (χ1n) is 8.50. The Balaban J connectivity index is 1.58. The maximum absolute atomic E-state index is 12.3. The lowest BCUT2D eigenvalue weighted by molar-refractivity contribution is 0.0468. The van der Waals surface area contributed by atoms with Gasteiger partial charge in [0.2, 0.25) is 0 Å². The van der Waals surface area contributed by atoms with Gasteiger partial charge in [-0.1, -0.05) is 29.8 Å². The highest BCUT2D eigenvalue weighted by Gasteiger charge is 2.12. The summed E-state index contributed by atoms with van der Waals surface area (Å²) >= 11 is 1.42. The Labute approximate surface area is 168 Å². The zero-order valence-corrected chi connectivity index (χ0v) is 17.1. The second-order valence-electron chi connectivity index (χ2n) is 6.48. The van der Waals surface area contributed by atoms with E-state index in [1.54, 1.807) is 18.2 Å². The SMILES string of the molecule is Cc1ccc(Nc2nc(COC(=O)c3cccc(CS(C)(=O)=O)c3)cs2)cc1. The molecular formula is C20H20N2O4S2. The molecule has 28 heavy (non-hydrogen) atoms. The van der Waals surface area contributed by atoms with Gasteiger partial charge < -0.3 is 10.1 Å². The highest BCUT2D eigenvalue weighted by molar-refractivity contribution is 7.89. The number of nitrogens with one attached hydrogen (secondary N) is 1. The lowest BCUT2D eigenvalue weighted by Gasteiger charge is -2.05. The predicted molar refractivity (Wildman–Crippen MR) is 111 cm³/mol. The lowest BCUT2D eigenvalue weighted by atomic mass is 10.1. The minimum absolute atomic E-state index is 0.0429. The lowest BCUT2D eigenvalue weighted by Crippen LogP contribution is -2.07. The van der Waals surface area contributed by atoms with Crippen LogP contribution in [-0.2, 0) is 26.9 Å². The van der Waals surface area contributed by atoms with Gasteiger partial charge in [-0.05, 0) is 36.8 Å². The molecule has 3 rings (SSSR count). The molecule has 0 aliphatic carbocycles. The molecule has 0 aliphatic heterocycles. The average molecular weight is 417 g/mol. The van der Waals surface area contributed by atoms with Gasteiger partial charge >= 0.3 is 5.97 Å². The molecular weight excluding hydrogens is 396 g/mol. The van der Waals surface area contributed by atoms with Gasteiger partial charge in [-0.25, -0.2) is 18.2 Å². The number of carbonyl (C=O) groups excluding carboxylic acids is 1. The van der Waals surface area contributed by atoms with Crippen molar-refractivity contribution in [3.8, 4) is 0 Å². The molecule has 0 unspecified atom stereocenters. The molecule has 0 radical (unpaired) electrons. The van der Waals surface area contributed by atoms with E-state index in [2.05, 4.69) is 10.3 Å². The molecule has 0 aliphatic rings. The number of ether oxygens (including phenoxy) is 1. The van der Waals surface area contributed by atoms with Crippen molar-refractivity contribution in [2.24, 2.45) is 0 Å². The van der Waals surface area contributed by atoms with Crippen molar-refractivity contribution in [2.45, 2.75) is 19.3 Å². The van der Waals surface area contributed by atoms with Crippen molar-refractivity contribution in [1.29, 1.82) is 0 Å². The molecule has 0 spiro atoms. The Bertz CT molecular complexity index is 1070. The second kappa shape index (κ2) is 8.53. The topological polar surface area (TPSA) is 85.4 Å². The quantitative estimate of drug-likeness (QED) is 0.584. The summed E-state index contributed by atoms with van der Waals surface area (Å²) in [5, 5.41) is 5.75. The molecule has 0 fully saturated rings. The van der Waals surface area contributed by atoms with Crippen LogP contribution in [0.2, 0.25) is 0 Å². The van der Waals surface area contributed by atoms with E-state index >= 15 is 0 Å². The van der Waals surface area contributed by atoms with Gasteiger partial charge in [-0.3, -0.25) is 0 Å². The van der Waals surface area contributed by atoms with E-state index in [-0.39, 0.29) is 12.4 Å². The third-order valence-electron chi connectivity index (χ3n) is 3.80. The number of anilines is 2. The van der Waals surface area contributed by atoms with Crippen LogP contribution in [-0.4, -0.2) is 25.6 Å². The standard InChI is InChI=1S/C20H20N2O4S2/c1-14-6-8-17(9-7-14)21-20-22-18(12-27-20)11-26-19(23)16-5-3-4-15(10-16)13-28(2,24)25/h3-10,12H,11,13H2,1-2H3,(H,21,22). The summed E-state index contributed by atoms with van der Waals surface area (Å²) < 4.78 is 28.1. The Morgan fingerprint density at radius 1 is 1.18 bits per heavy atom. The van der Waals surface area contributed by atoms with E-state index in [1.807, 2.05) is 36.6 Å². The third kappa shape index (κ3) is 5.90. The van der Waals surface area contributed by atoms with Crippen molar-refractivity contribution in [1.82, 2.24) is 4.98 Å². The fourth-order valence-electron chi connectivity index (χ4n) is 2.50. The number of benzene rings is 2. The zero-order chi connectivity index (χ0) is 20.1. The van der Waals surface area contributed by atoms with Crippen LogP contribution in [0.15, 0.2) is 53.9 Å². The smallest absolute Gasteiger partial charge is 0.338 e. The largest absolute Gasteiger partial charge is 0.456 e. The monoisotopic (exact) mass is 416 g/mol. The number of aromatic nitrogens is 1. The molecule has 6 nitrogen and oxygen atoms in total. The first-order chi connectivity index (χ1) is 13.3. The molecule has 2 aromatic carbocycles. The van der Waals surface area contributed by atoms with E-state index in [4.69, 9.17) is 4.74 Å². The van der Waals surface area contributed by atoms with Crippen molar-refractivity contribution >= 4 is 38.0 Å². The molecule has 1 heterocycles. The molecule has 0 amide bonds. The van der Waals surface area contributed by atoms with E-state index in [1.165, 1.54) is 23.0 Å². The molecule has 0 saturated carbocycles. The first-order valence-corrected chi connectivity index (χ1v) is 11.4. The fourth-order valence-corrected chi connectivity index (χ4v) is 4.00. The number of thiazole rings is 1. The number of esters is 1. The summed E-state index contributed by atoms with van der Waals surface area (Å²) in [7, 11) is -3.17. The molecule has 3 aromatic rings. The normalized spacial score (nSPS) is 11.2. The summed E-state index contributed by atoms with van der Waals surface area (Å²) in [6, 6.07) is 14.4. The Morgan fingerprint density at radius 2 is 1.93 bits per heavy atom. The second-order valence-corrected chi connectivity index (χ2v) is 9.48. The highest BCUT2D eigenvalue weighted by Crippen LogP contribution is 2.22. The number of rotatable bonds is 7. The van der Waals surface area contributed by atoms with Gasteiger partial charge in [0.25, 0.3) is 0 Å². The fraction of sp³-hybridized carbons (Fsp3) is 0.200. The number of hydrogen-bond acceptors (Lipinski definition) is 7. The number of nitrogens with zero attached hydrogens (tertiary/aromatic N) is 1. The molecule has 0 bridgehead atoms. The van der Waals surface area contributed by atoms with Crippen molar-refractivity contribution < 1.29 is 17.9 Å². The van der Waals surface area contributed by atoms with E-state index in [0.29, 0.717) is 22.0 Å². The van der Waals surface area contributed by atoms with Gasteiger partial charge in [0, 0.05) is 17.3 Å². The summed E-state index contributed by atoms with van der Waals surface area (Å²) in [6.07, 6.45) is 1.16. The van der Waals surface area contributed by atoms with E-state index < -0.39 is 15.8 Å². The van der Waals surface area contributed by atoms with Gasteiger partial charge in [0.15, 0.2) is 15.0 Å². The van der Waals surface area contributed by atoms with Crippen LogP contribution >= 0.6 is 11.3 Å². The van der Waals surface area contributed by atoms with Crippen LogP contribution in [0.5, 0.6) is 0 Å². The molecule has 0 saturated heterocycles. The predicted octanol–water partition coefficient (Wildman–Crippen LogP) is 4.10. The van der Waals surface area contributed by atoms with Crippen LogP contribution in [0.3, 0.4) is 0 Å². The number of aryl methyl sites for hydroxylation is 1. The minimum atomic E-state index is -3.17. The van der Waals surface area contributed by atoms with Crippen molar-refractivity contribution in [3.63, 3.8) is 0 Å². The van der Waals surface area contributed by atoms with Crippen LogP contribution in [0.1, 0.15) is 27.2 Å². The maximum atomic E-state index is 12.3. The van der Waals surface area contributed by atoms with Gasteiger partial charge in [-0.2, -0.15) is 0 Å². The summed E-state index contributed by atoms with van der Waals surface area (Å²) in [5.41, 5.74) is 3.62. The van der Waals surface area contributed by atoms with Crippen LogP contribution in [0, 0.1) is 6.92 Å². The zero-order valence-electron chi connectivity index (χ0n) is 15.5. The Morgan fingerprint density at radius 3 is 2.64 bits per heavy atom. The number of carbonyl (C=O) groups is 1. The van der Waals surface area contributed by atoms with Gasteiger partial charge in [-0.15, -0.1) is 11.3 Å². The van der Waals surface area contributed by atoms with E-state index in [0.717, 1.165) is 11.9 Å². The van der Waals surface area contributed by atoms with Gasteiger partial charge in [0.05, 0.1) is 17.0 Å². The summed E-state index contributed by atoms with van der Waals surface area (Å²) in [5.74, 6) is -0.634. The van der Waals surface area contributed by atoms with Crippen LogP contribution in [0.25, 0.3) is 0 Å². The third-order valence-corrected chi connectivity index (χ3v) is 5.46. The Hall–Kier alpha value is -2.71. The molecule has 0 atom stereocenters. The summed E-state index contributed by atoms with van der Waals surface area (Å²) in [6.45, 7) is 2.07. The number of hydrogen-bond donors (Lipinski definition) is 1. The number of sulfone groups is 1. The van der Waals surface area contributed by atoms with E-state index in [9.17, 15) is 13.2 Å². The first kappa shape index (κ1) is 20.0. The molecule has 1 aromatic heterocycles. The molecule has 146 valence electrons. The Kier molecular flexibility index (Phi) is 6.11. The van der Waals surface area contributed by atoms with Crippen LogP contribution in [0.4, 0.5) is 10.8 Å². The minimum Gasteiger partial charge on any atom is -0.456 e. The molecule has 1 N–H and O–H groups in total. The van der Waals surface area contributed by atoms with Crippen molar-refractivity contribution in [2.75, 3.05) is 11.6 Å². The maximum Gasteiger partial charge on any atom is 0.338 e. The average Bonchev–Trinajstić information content (AvgIpc) is 3.08. The molecule has 8 heteroatoms.